The molecule has 1 aromatic carbocycles. The predicted molar refractivity (Wildman–Crippen MR) is 103 cm³/mol. The molecule has 0 spiro atoms. The molecule has 152 valence electrons. The fraction of sp³-hybridized carbons (Fsp3) is 0.421. The Kier molecular flexibility index (Phi) is 7.67. The SMILES string of the molecule is COc1cc(C(=O)N[C@H](C)C(=O)NCCCn2cccn2)cc(OC)c1OC. The molecule has 2 aromatic rings. The molecule has 0 unspecified atom stereocenters. The summed E-state index contributed by atoms with van der Waals surface area (Å²) in [7, 11) is 4.43. The molecule has 9 heteroatoms. The number of hydrogen-bond acceptors (Lipinski definition) is 6. The largest absolute Gasteiger partial charge is 0.493 e. The van der Waals surface area contributed by atoms with Gasteiger partial charge in [-0.25, -0.2) is 0 Å². The molecule has 0 radical (unpaired) electrons. The van der Waals surface area contributed by atoms with Crippen LogP contribution in [0.2, 0.25) is 0 Å². The molecule has 2 amide bonds. The maximum absolute atomic E-state index is 12.5. The maximum Gasteiger partial charge on any atom is 0.252 e. The van der Waals surface area contributed by atoms with E-state index in [-0.39, 0.29) is 5.91 Å². The third-order valence-electron chi connectivity index (χ3n) is 4.09. The van der Waals surface area contributed by atoms with Gasteiger partial charge < -0.3 is 24.8 Å². The molecule has 0 aliphatic rings. The molecule has 0 aliphatic heterocycles. The Balaban J connectivity index is 1.91. The minimum absolute atomic E-state index is 0.263. The van der Waals surface area contributed by atoms with Crippen LogP contribution in [0.3, 0.4) is 0 Å². The fourth-order valence-electron chi connectivity index (χ4n) is 2.60. The number of carbonyl (C=O) groups excluding carboxylic acids is 2. The van der Waals surface area contributed by atoms with E-state index in [4.69, 9.17) is 14.2 Å². The number of aryl methyl sites for hydroxylation is 1. The van der Waals surface area contributed by atoms with Crippen molar-refractivity contribution in [1.82, 2.24) is 20.4 Å². The molecule has 0 fully saturated rings. The molecule has 2 N–H and O–H groups in total. The molecule has 0 saturated carbocycles. The molecule has 9 nitrogen and oxygen atoms in total. The summed E-state index contributed by atoms with van der Waals surface area (Å²) in [5, 5.41) is 9.57. The van der Waals surface area contributed by atoms with E-state index in [9.17, 15) is 9.59 Å². The van der Waals surface area contributed by atoms with E-state index in [1.54, 1.807) is 17.8 Å². The third kappa shape index (κ3) is 5.38. The van der Waals surface area contributed by atoms with E-state index in [1.807, 2.05) is 12.3 Å². The van der Waals surface area contributed by atoms with Gasteiger partial charge in [0.25, 0.3) is 5.91 Å². The van der Waals surface area contributed by atoms with Gasteiger partial charge in [-0.05, 0) is 31.5 Å². The Morgan fingerprint density at radius 3 is 2.36 bits per heavy atom. The summed E-state index contributed by atoms with van der Waals surface area (Å²) in [6, 6.07) is 4.21. The lowest BCUT2D eigenvalue weighted by Crippen LogP contribution is -2.45. The molecule has 0 saturated heterocycles. The van der Waals surface area contributed by atoms with Gasteiger partial charge in [-0.2, -0.15) is 5.10 Å². The first kappa shape index (κ1) is 21.1. The van der Waals surface area contributed by atoms with Crippen LogP contribution in [0, 0.1) is 0 Å². The summed E-state index contributed by atoms with van der Waals surface area (Å²) in [4.78, 5) is 24.7. The molecule has 0 aliphatic carbocycles. The van der Waals surface area contributed by atoms with Crippen LogP contribution in [0.5, 0.6) is 17.2 Å². The van der Waals surface area contributed by atoms with Gasteiger partial charge in [0, 0.05) is 31.0 Å². The van der Waals surface area contributed by atoms with Crippen LogP contribution >= 0.6 is 0 Å². The zero-order valence-corrected chi connectivity index (χ0v) is 16.5. The Hall–Kier alpha value is -3.23. The van der Waals surface area contributed by atoms with Gasteiger partial charge in [0.2, 0.25) is 11.7 Å². The van der Waals surface area contributed by atoms with E-state index in [1.165, 1.54) is 33.5 Å². The molecule has 2 rings (SSSR count). The first-order chi connectivity index (χ1) is 13.5. The Bertz CT molecular complexity index is 767. The van der Waals surface area contributed by atoms with Crippen LogP contribution in [0.4, 0.5) is 0 Å². The first-order valence-electron chi connectivity index (χ1n) is 8.86. The molecular formula is C19H26N4O5. The summed E-state index contributed by atoms with van der Waals surface area (Å²) < 4.78 is 17.5. The molecule has 0 bridgehead atoms. The first-order valence-corrected chi connectivity index (χ1v) is 8.86. The third-order valence-corrected chi connectivity index (χ3v) is 4.09. The molecule has 1 atom stereocenters. The van der Waals surface area contributed by atoms with Crippen molar-refractivity contribution in [2.45, 2.75) is 25.9 Å². The van der Waals surface area contributed by atoms with Crippen molar-refractivity contribution in [2.24, 2.45) is 0 Å². The number of nitrogens with zero attached hydrogens (tertiary/aromatic N) is 2. The van der Waals surface area contributed by atoms with Crippen molar-refractivity contribution in [3.8, 4) is 17.2 Å². The summed E-state index contributed by atoms with van der Waals surface area (Å²) in [6.45, 7) is 2.82. The summed E-state index contributed by atoms with van der Waals surface area (Å²) >= 11 is 0. The number of aromatic nitrogens is 2. The number of hydrogen-bond donors (Lipinski definition) is 2. The topological polar surface area (TPSA) is 104 Å². The fourth-order valence-corrected chi connectivity index (χ4v) is 2.60. The van der Waals surface area contributed by atoms with Crippen LogP contribution in [-0.2, 0) is 11.3 Å². The van der Waals surface area contributed by atoms with Crippen molar-refractivity contribution in [3.63, 3.8) is 0 Å². The van der Waals surface area contributed by atoms with E-state index in [0.29, 0.717) is 35.9 Å². The van der Waals surface area contributed by atoms with Gasteiger partial charge in [-0.3, -0.25) is 14.3 Å². The second-order valence-electron chi connectivity index (χ2n) is 6.02. The number of carbonyl (C=O) groups is 2. The average Bonchev–Trinajstić information content (AvgIpc) is 3.23. The molecular weight excluding hydrogens is 364 g/mol. The van der Waals surface area contributed by atoms with Gasteiger partial charge in [0.1, 0.15) is 6.04 Å². The number of rotatable bonds is 10. The van der Waals surface area contributed by atoms with Gasteiger partial charge in [0.05, 0.1) is 21.3 Å². The van der Waals surface area contributed by atoms with Crippen LogP contribution in [-0.4, -0.2) is 55.5 Å². The lowest BCUT2D eigenvalue weighted by molar-refractivity contribution is -0.122. The van der Waals surface area contributed by atoms with Gasteiger partial charge in [-0.15, -0.1) is 0 Å². The predicted octanol–water partition coefficient (Wildman–Crippen LogP) is 1.23. The minimum atomic E-state index is -0.698. The Morgan fingerprint density at radius 1 is 1.14 bits per heavy atom. The zero-order valence-electron chi connectivity index (χ0n) is 16.5. The highest BCUT2D eigenvalue weighted by atomic mass is 16.5. The highest BCUT2D eigenvalue weighted by Crippen LogP contribution is 2.38. The van der Waals surface area contributed by atoms with Crippen molar-refractivity contribution in [1.29, 1.82) is 0 Å². The van der Waals surface area contributed by atoms with Crippen LogP contribution < -0.4 is 24.8 Å². The van der Waals surface area contributed by atoms with Crippen molar-refractivity contribution in [2.75, 3.05) is 27.9 Å². The number of benzene rings is 1. The van der Waals surface area contributed by atoms with E-state index < -0.39 is 11.9 Å². The quantitative estimate of drug-likeness (QED) is 0.592. The highest BCUT2D eigenvalue weighted by Gasteiger charge is 2.20. The van der Waals surface area contributed by atoms with Crippen LogP contribution in [0.1, 0.15) is 23.7 Å². The second-order valence-corrected chi connectivity index (χ2v) is 6.02. The smallest absolute Gasteiger partial charge is 0.252 e. The lowest BCUT2D eigenvalue weighted by atomic mass is 10.1. The zero-order chi connectivity index (χ0) is 20.5. The van der Waals surface area contributed by atoms with Crippen LogP contribution in [0.15, 0.2) is 30.6 Å². The highest BCUT2D eigenvalue weighted by molar-refractivity contribution is 5.98. The monoisotopic (exact) mass is 390 g/mol. The van der Waals surface area contributed by atoms with Crippen LogP contribution in [0.25, 0.3) is 0 Å². The van der Waals surface area contributed by atoms with Gasteiger partial charge >= 0.3 is 0 Å². The number of ether oxygens (including phenoxy) is 3. The van der Waals surface area contributed by atoms with Crippen molar-refractivity contribution in [3.05, 3.63) is 36.2 Å². The average molecular weight is 390 g/mol. The molecule has 1 heterocycles. The number of amides is 2. The van der Waals surface area contributed by atoms with E-state index >= 15 is 0 Å². The minimum Gasteiger partial charge on any atom is -0.493 e. The van der Waals surface area contributed by atoms with Gasteiger partial charge in [0.15, 0.2) is 11.5 Å². The van der Waals surface area contributed by atoms with Gasteiger partial charge in [-0.1, -0.05) is 0 Å². The summed E-state index contributed by atoms with van der Waals surface area (Å²) in [6.07, 6.45) is 4.31. The second kappa shape index (κ2) is 10.2. The number of methoxy groups -OCH3 is 3. The molecule has 28 heavy (non-hydrogen) atoms. The Morgan fingerprint density at radius 2 is 1.82 bits per heavy atom. The maximum atomic E-state index is 12.5. The van der Waals surface area contributed by atoms with E-state index in [2.05, 4.69) is 15.7 Å². The summed E-state index contributed by atoms with van der Waals surface area (Å²) in [5.74, 6) is 0.440. The summed E-state index contributed by atoms with van der Waals surface area (Å²) in [5.41, 5.74) is 0.299. The standard InChI is InChI=1S/C19H26N4O5/c1-13(18(24)20-7-5-9-23-10-6-8-21-23)22-19(25)14-11-15(26-2)17(28-4)16(12-14)27-3/h6,8,10-13H,5,7,9H2,1-4H3,(H,20,24)(H,22,25)/t13-/m1/s1. The molecule has 1 aromatic heterocycles. The van der Waals surface area contributed by atoms with Crippen molar-refractivity contribution < 1.29 is 23.8 Å². The Labute approximate surface area is 164 Å². The normalized spacial score (nSPS) is 11.4. The van der Waals surface area contributed by atoms with E-state index in [0.717, 1.165) is 6.42 Å². The van der Waals surface area contributed by atoms with Crippen molar-refractivity contribution >= 4 is 11.8 Å². The number of nitrogens with one attached hydrogen (secondary N) is 2. The lowest BCUT2D eigenvalue weighted by Gasteiger charge is -2.16.